The molecule has 0 atom stereocenters. The van der Waals surface area contributed by atoms with Crippen molar-refractivity contribution in [3.8, 4) is 0 Å². The third-order valence-electron chi connectivity index (χ3n) is 1.51. The first-order valence-corrected chi connectivity index (χ1v) is 4.35. The number of rotatable bonds is 3. The molecule has 1 aromatic carbocycles. The van der Waals surface area contributed by atoms with Crippen LogP contribution in [0.1, 0.15) is 12.5 Å². The van der Waals surface area contributed by atoms with Gasteiger partial charge in [0.15, 0.2) is 0 Å². The van der Waals surface area contributed by atoms with E-state index >= 15 is 0 Å². The Hall–Kier alpha value is -1.02. The standard InChI is InChI=1S/C10H10ClO2/c1-8(12)13-6-5-9-3-2-4-10(11)7-9/h3-4,7H,5-6H2,1H3. The fourth-order valence-corrected chi connectivity index (χ4v) is 1.15. The van der Waals surface area contributed by atoms with E-state index in [9.17, 15) is 4.79 Å². The van der Waals surface area contributed by atoms with Crippen LogP contribution in [0.2, 0.25) is 5.02 Å². The molecule has 13 heavy (non-hydrogen) atoms. The lowest BCUT2D eigenvalue weighted by Crippen LogP contribution is -2.03. The Labute approximate surface area is 82.5 Å². The van der Waals surface area contributed by atoms with Crippen molar-refractivity contribution in [2.24, 2.45) is 0 Å². The van der Waals surface area contributed by atoms with Crippen LogP contribution in [0.5, 0.6) is 0 Å². The normalized spacial score (nSPS) is 9.69. The topological polar surface area (TPSA) is 26.3 Å². The highest BCUT2D eigenvalue weighted by Crippen LogP contribution is 2.10. The summed E-state index contributed by atoms with van der Waals surface area (Å²) >= 11 is 5.75. The van der Waals surface area contributed by atoms with Gasteiger partial charge >= 0.3 is 5.97 Å². The quantitative estimate of drug-likeness (QED) is 0.695. The summed E-state index contributed by atoms with van der Waals surface area (Å²) in [6.45, 7) is 1.79. The van der Waals surface area contributed by atoms with Gasteiger partial charge < -0.3 is 4.74 Å². The van der Waals surface area contributed by atoms with E-state index in [2.05, 4.69) is 6.07 Å². The van der Waals surface area contributed by atoms with Crippen molar-refractivity contribution in [1.29, 1.82) is 0 Å². The number of carbonyl (C=O) groups is 1. The molecule has 2 nitrogen and oxygen atoms in total. The van der Waals surface area contributed by atoms with Gasteiger partial charge in [-0.15, -0.1) is 0 Å². The first-order valence-electron chi connectivity index (χ1n) is 3.97. The molecule has 1 aromatic rings. The zero-order valence-electron chi connectivity index (χ0n) is 7.34. The van der Waals surface area contributed by atoms with Crippen molar-refractivity contribution in [2.75, 3.05) is 6.61 Å². The summed E-state index contributed by atoms with van der Waals surface area (Å²) in [5.74, 6) is -0.258. The molecule has 0 saturated heterocycles. The molecule has 0 heterocycles. The molecule has 0 spiro atoms. The van der Waals surface area contributed by atoms with Crippen LogP contribution in [-0.2, 0) is 16.0 Å². The average molecular weight is 198 g/mol. The minimum absolute atomic E-state index is 0.258. The van der Waals surface area contributed by atoms with Gasteiger partial charge in [-0.2, -0.15) is 0 Å². The molecule has 0 fully saturated rings. The molecule has 0 aliphatic heterocycles. The monoisotopic (exact) mass is 197 g/mol. The molecule has 1 rings (SSSR count). The minimum atomic E-state index is -0.258. The highest BCUT2D eigenvalue weighted by atomic mass is 35.5. The maximum Gasteiger partial charge on any atom is 0.302 e. The minimum Gasteiger partial charge on any atom is -0.466 e. The summed E-state index contributed by atoms with van der Waals surface area (Å²) in [7, 11) is 0. The van der Waals surface area contributed by atoms with Crippen molar-refractivity contribution in [1.82, 2.24) is 0 Å². The van der Waals surface area contributed by atoms with Crippen LogP contribution in [0.15, 0.2) is 18.2 Å². The van der Waals surface area contributed by atoms with E-state index in [0.717, 1.165) is 5.56 Å². The zero-order valence-corrected chi connectivity index (χ0v) is 8.10. The summed E-state index contributed by atoms with van der Waals surface area (Å²) in [6, 6.07) is 8.25. The highest BCUT2D eigenvalue weighted by molar-refractivity contribution is 6.30. The lowest BCUT2D eigenvalue weighted by Gasteiger charge is -2.01. The number of hydrogen-bond donors (Lipinski definition) is 0. The molecule has 69 valence electrons. The van der Waals surface area contributed by atoms with E-state index in [-0.39, 0.29) is 5.97 Å². The first kappa shape index (κ1) is 10.1. The van der Waals surface area contributed by atoms with Crippen molar-refractivity contribution < 1.29 is 9.53 Å². The average Bonchev–Trinajstić information content (AvgIpc) is 2.03. The number of hydrogen-bond acceptors (Lipinski definition) is 2. The maximum atomic E-state index is 10.4. The Balaban J connectivity index is 2.41. The van der Waals surface area contributed by atoms with Gasteiger partial charge in [-0.3, -0.25) is 4.79 Å². The van der Waals surface area contributed by atoms with E-state index in [1.54, 1.807) is 6.07 Å². The SMILES string of the molecule is CC(=O)OCCc1c[c]cc(Cl)c1. The molecule has 0 aliphatic rings. The van der Waals surface area contributed by atoms with Crippen LogP contribution in [-0.4, -0.2) is 12.6 Å². The van der Waals surface area contributed by atoms with Crippen molar-refractivity contribution >= 4 is 17.6 Å². The Morgan fingerprint density at radius 3 is 3.00 bits per heavy atom. The molecular weight excluding hydrogens is 188 g/mol. The predicted molar refractivity (Wildman–Crippen MR) is 50.6 cm³/mol. The fraction of sp³-hybridized carbons (Fsp3) is 0.300. The van der Waals surface area contributed by atoms with E-state index in [4.69, 9.17) is 16.3 Å². The smallest absolute Gasteiger partial charge is 0.302 e. The van der Waals surface area contributed by atoms with E-state index in [0.29, 0.717) is 18.1 Å². The van der Waals surface area contributed by atoms with Gasteiger partial charge in [0.2, 0.25) is 0 Å². The van der Waals surface area contributed by atoms with E-state index in [1.807, 2.05) is 12.1 Å². The van der Waals surface area contributed by atoms with Gasteiger partial charge in [-0.1, -0.05) is 17.7 Å². The van der Waals surface area contributed by atoms with Crippen LogP contribution in [0, 0.1) is 6.07 Å². The van der Waals surface area contributed by atoms with Crippen molar-refractivity contribution in [3.63, 3.8) is 0 Å². The van der Waals surface area contributed by atoms with Crippen LogP contribution < -0.4 is 0 Å². The lowest BCUT2D eigenvalue weighted by molar-refractivity contribution is -0.140. The number of ether oxygens (including phenoxy) is 1. The molecule has 1 radical (unpaired) electrons. The summed E-state index contributed by atoms with van der Waals surface area (Å²) in [4.78, 5) is 10.4. The summed E-state index contributed by atoms with van der Waals surface area (Å²) in [6.07, 6.45) is 0.677. The van der Waals surface area contributed by atoms with Crippen molar-refractivity contribution in [2.45, 2.75) is 13.3 Å². The van der Waals surface area contributed by atoms with E-state index in [1.165, 1.54) is 6.92 Å². The molecule has 0 N–H and O–H groups in total. The van der Waals surface area contributed by atoms with Gasteiger partial charge in [0.1, 0.15) is 0 Å². The summed E-state index contributed by atoms with van der Waals surface area (Å²) in [5, 5.41) is 0.653. The van der Waals surface area contributed by atoms with Gasteiger partial charge in [0, 0.05) is 18.4 Å². The van der Waals surface area contributed by atoms with E-state index < -0.39 is 0 Å². The summed E-state index contributed by atoms with van der Waals surface area (Å²) in [5.41, 5.74) is 1.02. The second-order valence-corrected chi connectivity index (χ2v) is 3.09. The molecule has 0 aromatic heterocycles. The first-order chi connectivity index (χ1) is 6.18. The van der Waals surface area contributed by atoms with Crippen LogP contribution in [0.25, 0.3) is 0 Å². The fourth-order valence-electron chi connectivity index (χ4n) is 0.946. The molecule has 3 heteroatoms. The van der Waals surface area contributed by atoms with Crippen LogP contribution >= 0.6 is 11.6 Å². The zero-order chi connectivity index (χ0) is 9.68. The van der Waals surface area contributed by atoms with Gasteiger partial charge in [0.05, 0.1) is 6.61 Å². The Morgan fingerprint density at radius 1 is 1.62 bits per heavy atom. The predicted octanol–water partition coefficient (Wildman–Crippen LogP) is 2.25. The second-order valence-electron chi connectivity index (χ2n) is 2.65. The second kappa shape index (κ2) is 4.87. The largest absolute Gasteiger partial charge is 0.466 e. The Kier molecular flexibility index (Phi) is 3.77. The molecular formula is C10H10ClO2. The molecule has 0 unspecified atom stereocenters. The Bertz CT molecular complexity index is 297. The van der Waals surface area contributed by atoms with Gasteiger partial charge in [-0.25, -0.2) is 0 Å². The molecule has 0 amide bonds. The lowest BCUT2D eigenvalue weighted by atomic mass is 10.2. The number of esters is 1. The molecule has 0 bridgehead atoms. The third kappa shape index (κ3) is 3.95. The van der Waals surface area contributed by atoms with Crippen LogP contribution in [0.4, 0.5) is 0 Å². The Morgan fingerprint density at radius 2 is 2.38 bits per heavy atom. The molecule has 0 saturated carbocycles. The number of halogens is 1. The van der Waals surface area contributed by atoms with Crippen molar-refractivity contribution in [3.05, 3.63) is 34.9 Å². The van der Waals surface area contributed by atoms with Gasteiger partial charge in [-0.05, 0) is 23.8 Å². The highest BCUT2D eigenvalue weighted by Gasteiger charge is 1.96. The number of carbonyl (C=O) groups excluding carboxylic acids is 1. The summed E-state index contributed by atoms with van der Waals surface area (Å²) < 4.78 is 4.79. The van der Waals surface area contributed by atoms with Gasteiger partial charge in [0.25, 0.3) is 0 Å². The third-order valence-corrected chi connectivity index (χ3v) is 1.73. The van der Waals surface area contributed by atoms with Crippen LogP contribution in [0.3, 0.4) is 0 Å². The molecule has 0 aliphatic carbocycles. The number of benzene rings is 1. The maximum absolute atomic E-state index is 10.4.